The fraction of sp³-hybridized carbons (Fsp3) is 0.364. The van der Waals surface area contributed by atoms with Gasteiger partial charge in [0.2, 0.25) is 0 Å². The van der Waals surface area contributed by atoms with Crippen molar-refractivity contribution in [3.8, 4) is 6.07 Å². The molecule has 1 fully saturated rings. The van der Waals surface area contributed by atoms with Crippen LogP contribution in [-0.2, 0) is 4.74 Å². The van der Waals surface area contributed by atoms with Crippen molar-refractivity contribution in [2.24, 2.45) is 10.3 Å². The van der Waals surface area contributed by atoms with E-state index in [0.717, 1.165) is 18.8 Å². The Balaban J connectivity index is 1.97. The zero-order valence-corrected chi connectivity index (χ0v) is 8.83. The normalized spacial score (nSPS) is 16.3. The van der Waals surface area contributed by atoms with Gasteiger partial charge in [-0.15, -0.1) is 5.11 Å². The van der Waals surface area contributed by atoms with Crippen molar-refractivity contribution in [2.45, 2.75) is 0 Å². The van der Waals surface area contributed by atoms with Crippen molar-refractivity contribution in [2.75, 3.05) is 26.3 Å². The predicted molar refractivity (Wildman–Crippen MR) is 58.1 cm³/mol. The summed E-state index contributed by atoms with van der Waals surface area (Å²) in [6.45, 7) is 2.96. The molecule has 2 rings (SSSR count). The van der Waals surface area contributed by atoms with Crippen LogP contribution in [0.5, 0.6) is 0 Å². The Bertz CT molecular complexity index is 401. The van der Waals surface area contributed by atoms with Gasteiger partial charge >= 0.3 is 0 Å². The first-order valence-corrected chi connectivity index (χ1v) is 5.13. The number of nitriles is 1. The smallest absolute Gasteiger partial charge is 0.0991 e. The monoisotopic (exact) mass is 216 g/mol. The summed E-state index contributed by atoms with van der Waals surface area (Å²) in [5.74, 6) is 0. The Morgan fingerprint density at radius 3 is 2.50 bits per heavy atom. The van der Waals surface area contributed by atoms with Gasteiger partial charge in [-0.1, -0.05) is 5.22 Å². The minimum Gasteiger partial charge on any atom is -0.378 e. The molecule has 82 valence electrons. The van der Waals surface area contributed by atoms with Crippen molar-refractivity contribution >= 4 is 5.69 Å². The average molecular weight is 216 g/mol. The van der Waals surface area contributed by atoms with Crippen molar-refractivity contribution in [1.29, 1.82) is 5.26 Å². The second-order valence-corrected chi connectivity index (χ2v) is 3.41. The van der Waals surface area contributed by atoms with Crippen LogP contribution in [0.3, 0.4) is 0 Å². The molecule has 1 heterocycles. The largest absolute Gasteiger partial charge is 0.378 e. The molecular weight excluding hydrogens is 204 g/mol. The van der Waals surface area contributed by atoms with Gasteiger partial charge in [-0.25, -0.2) is 0 Å². The van der Waals surface area contributed by atoms with E-state index < -0.39 is 0 Å². The molecular formula is C11H12N4O. The Morgan fingerprint density at radius 1 is 1.19 bits per heavy atom. The molecule has 5 nitrogen and oxygen atoms in total. The number of rotatable bonds is 2. The Morgan fingerprint density at radius 2 is 1.88 bits per heavy atom. The number of nitrogens with zero attached hydrogens (tertiary/aromatic N) is 4. The Labute approximate surface area is 93.9 Å². The second kappa shape index (κ2) is 5.24. The van der Waals surface area contributed by atoms with E-state index in [1.54, 1.807) is 24.3 Å². The molecule has 0 bridgehead atoms. The molecule has 1 saturated heterocycles. The van der Waals surface area contributed by atoms with Crippen LogP contribution in [0.2, 0.25) is 0 Å². The van der Waals surface area contributed by atoms with E-state index in [2.05, 4.69) is 16.4 Å². The van der Waals surface area contributed by atoms with Crippen LogP contribution in [-0.4, -0.2) is 31.3 Å². The van der Waals surface area contributed by atoms with Crippen LogP contribution in [0.1, 0.15) is 5.56 Å². The third kappa shape index (κ3) is 2.78. The number of ether oxygens (including phenoxy) is 1. The lowest BCUT2D eigenvalue weighted by Gasteiger charge is -2.22. The first-order chi connectivity index (χ1) is 7.88. The van der Waals surface area contributed by atoms with Gasteiger partial charge in [0.1, 0.15) is 0 Å². The van der Waals surface area contributed by atoms with E-state index in [9.17, 15) is 0 Å². The van der Waals surface area contributed by atoms with E-state index in [-0.39, 0.29) is 0 Å². The van der Waals surface area contributed by atoms with Crippen molar-refractivity contribution in [1.82, 2.24) is 5.01 Å². The zero-order valence-electron chi connectivity index (χ0n) is 8.83. The van der Waals surface area contributed by atoms with Gasteiger partial charge < -0.3 is 4.74 Å². The summed E-state index contributed by atoms with van der Waals surface area (Å²) in [6.07, 6.45) is 0. The maximum absolute atomic E-state index is 8.64. The highest BCUT2D eigenvalue weighted by Crippen LogP contribution is 2.13. The first kappa shape index (κ1) is 10.6. The van der Waals surface area contributed by atoms with Gasteiger partial charge in [0.25, 0.3) is 0 Å². The highest BCUT2D eigenvalue weighted by atomic mass is 16.5. The molecule has 1 aromatic carbocycles. The summed E-state index contributed by atoms with van der Waals surface area (Å²) >= 11 is 0. The van der Waals surface area contributed by atoms with E-state index in [1.807, 2.05) is 5.01 Å². The van der Waals surface area contributed by atoms with Crippen LogP contribution in [0, 0.1) is 11.3 Å². The third-order valence-corrected chi connectivity index (χ3v) is 2.27. The molecule has 16 heavy (non-hydrogen) atoms. The predicted octanol–water partition coefficient (Wildman–Crippen LogP) is 1.89. The molecule has 1 aliphatic heterocycles. The third-order valence-electron chi connectivity index (χ3n) is 2.27. The maximum atomic E-state index is 8.64. The summed E-state index contributed by atoms with van der Waals surface area (Å²) in [5, 5.41) is 18.7. The molecule has 0 atom stereocenters. The zero-order chi connectivity index (χ0) is 11.2. The highest BCUT2D eigenvalue weighted by Gasteiger charge is 2.06. The van der Waals surface area contributed by atoms with Gasteiger partial charge in [0, 0.05) is 0 Å². The van der Waals surface area contributed by atoms with E-state index in [0.29, 0.717) is 18.8 Å². The molecule has 0 N–H and O–H groups in total. The van der Waals surface area contributed by atoms with Gasteiger partial charge in [0.15, 0.2) is 0 Å². The molecule has 1 aromatic rings. The summed E-state index contributed by atoms with van der Waals surface area (Å²) in [6, 6.07) is 9.08. The Kier molecular flexibility index (Phi) is 3.46. The molecule has 0 spiro atoms. The molecule has 0 aromatic heterocycles. The van der Waals surface area contributed by atoms with Gasteiger partial charge in [-0.05, 0) is 24.3 Å². The second-order valence-electron chi connectivity index (χ2n) is 3.41. The minimum atomic E-state index is 0.630. The van der Waals surface area contributed by atoms with Crippen molar-refractivity contribution in [3.63, 3.8) is 0 Å². The summed E-state index contributed by atoms with van der Waals surface area (Å²) < 4.78 is 5.20. The van der Waals surface area contributed by atoms with Crippen molar-refractivity contribution < 1.29 is 4.74 Å². The fourth-order valence-electron chi connectivity index (χ4n) is 1.36. The number of morpholine rings is 1. The average Bonchev–Trinajstić information content (AvgIpc) is 2.38. The van der Waals surface area contributed by atoms with Gasteiger partial charge in [0.05, 0.1) is 43.6 Å². The Hall–Kier alpha value is -1.93. The quantitative estimate of drug-likeness (QED) is 0.709. The summed E-state index contributed by atoms with van der Waals surface area (Å²) in [5.41, 5.74) is 1.39. The van der Waals surface area contributed by atoms with E-state index in [1.165, 1.54) is 0 Å². The lowest BCUT2D eigenvalue weighted by atomic mass is 10.2. The van der Waals surface area contributed by atoms with Crippen LogP contribution >= 0.6 is 0 Å². The molecule has 0 unspecified atom stereocenters. The fourth-order valence-corrected chi connectivity index (χ4v) is 1.36. The van der Waals surface area contributed by atoms with Crippen LogP contribution < -0.4 is 0 Å². The summed E-state index contributed by atoms with van der Waals surface area (Å²) in [7, 11) is 0. The van der Waals surface area contributed by atoms with Crippen molar-refractivity contribution in [3.05, 3.63) is 29.8 Å². The standard InChI is InChI=1S/C11H12N4O/c12-9-10-1-3-11(4-2-10)13-14-15-5-7-16-8-6-15/h1-4H,5-8H2. The molecule has 0 amide bonds. The van der Waals surface area contributed by atoms with Crippen LogP contribution in [0.15, 0.2) is 34.6 Å². The van der Waals surface area contributed by atoms with Gasteiger partial charge in [-0.2, -0.15) is 5.26 Å². The highest BCUT2D eigenvalue weighted by molar-refractivity contribution is 5.41. The molecule has 1 aliphatic rings. The van der Waals surface area contributed by atoms with Gasteiger partial charge in [-0.3, -0.25) is 5.01 Å². The lowest BCUT2D eigenvalue weighted by molar-refractivity contribution is 0.0354. The number of benzene rings is 1. The van der Waals surface area contributed by atoms with Crippen LogP contribution in [0.25, 0.3) is 0 Å². The molecule has 0 saturated carbocycles. The van der Waals surface area contributed by atoms with Crippen LogP contribution in [0.4, 0.5) is 5.69 Å². The van der Waals surface area contributed by atoms with E-state index >= 15 is 0 Å². The molecule has 5 heteroatoms. The minimum absolute atomic E-state index is 0.630. The SMILES string of the molecule is N#Cc1ccc(N=NN2CCOCC2)cc1. The molecule has 0 radical (unpaired) electrons. The first-order valence-electron chi connectivity index (χ1n) is 5.13. The lowest BCUT2D eigenvalue weighted by Crippen LogP contribution is -2.31. The summed E-state index contributed by atoms with van der Waals surface area (Å²) in [4.78, 5) is 0. The topological polar surface area (TPSA) is 61.0 Å². The maximum Gasteiger partial charge on any atom is 0.0991 e. The molecule has 0 aliphatic carbocycles. The van der Waals surface area contributed by atoms with E-state index in [4.69, 9.17) is 10.00 Å². The number of hydrogen-bond donors (Lipinski definition) is 0. The number of hydrogen-bond acceptors (Lipinski definition) is 4.